The molecule has 6 nitrogen and oxygen atoms in total. The predicted octanol–water partition coefficient (Wildman–Crippen LogP) is 20.2. The number of carbonyl (C=O) groups excluding carboxylic acids is 2. The molecule has 0 aromatic heterocycles. The Morgan fingerprint density at radius 3 is 1.00 bits per heavy atom. The molecule has 0 radical (unpaired) electrons. The van der Waals surface area contributed by atoms with Crippen molar-refractivity contribution in [3.8, 4) is 0 Å². The fourth-order valence-corrected chi connectivity index (χ4v) is 10.0. The number of hydrogen-bond acceptors (Lipinski definition) is 5. The molecule has 71 heavy (non-hydrogen) atoms. The molecule has 420 valence electrons. The predicted molar refractivity (Wildman–Crippen MR) is 310 cm³/mol. The Balaban J connectivity index is 3.46. The van der Waals surface area contributed by atoms with Crippen LogP contribution in [0.15, 0.2) is 24.3 Å². The van der Waals surface area contributed by atoms with Crippen LogP contribution in [-0.2, 0) is 14.3 Å². The van der Waals surface area contributed by atoms with E-state index in [4.69, 9.17) is 4.74 Å². The number of rotatable bonds is 60. The highest BCUT2D eigenvalue weighted by atomic mass is 16.5. The van der Waals surface area contributed by atoms with E-state index in [1.54, 1.807) is 0 Å². The van der Waals surface area contributed by atoms with Crippen molar-refractivity contribution in [2.75, 3.05) is 13.2 Å². The lowest BCUT2D eigenvalue weighted by molar-refractivity contribution is -0.143. The van der Waals surface area contributed by atoms with Gasteiger partial charge in [0.05, 0.1) is 25.4 Å². The number of unbranched alkanes of at least 4 members (excludes halogenated alkanes) is 45. The lowest BCUT2D eigenvalue weighted by atomic mass is 10.0. The van der Waals surface area contributed by atoms with Crippen LogP contribution < -0.4 is 5.32 Å². The Kier molecular flexibility index (Phi) is 59.5. The zero-order valence-electron chi connectivity index (χ0n) is 48.0. The smallest absolute Gasteiger partial charge is 0.305 e. The highest BCUT2D eigenvalue weighted by molar-refractivity contribution is 5.76. The average Bonchev–Trinajstić information content (AvgIpc) is 3.37. The molecule has 0 aliphatic heterocycles. The van der Waals surface area contributed by atoms with Gasteiger partial charge in [-0.05, 0) is 77.0 Å². The summed E-state index contributed by atoms with van der Waals surface area (Å²) in [6.45, 7) is 4.94. The summed E-state index contributed by atoms with van der Waals surface area (Å²) < 4.78 is 5.47. The largest absolute Gasteiger partial charge is 0.466 e. The van der Waals surface area contributed by atoms with Gasteiger partial charge in [0.25, 0.3) is 0 Å². The number of nitrogens with one attached hydrogen (secondary N) is 1. The maximum atomic E-state index is 12.5. The van der Waals surface area contributed by atoms with Gasteiger partial charge in [0.1, 0.15) is 0 Å². The van der Waals surface area contributed by atoms with Crippen LogP contribution in [0.5, 0.6) is 0 Å². The quantitative estimate of drug-likeness (QED) is 0.0320. The number of amides is 1. The Labute approximate surface area is 443 Å². The maximum Gasteiger partial charge on any atom is 0.305 e. The molecule has 0 spiro atoms. The number of carbonyl (C=O) groups is 2. The average molecular weight is 1000 g/mol. The van der Waals surface area contributed by atoms with Gasteiger partial charge in [0.2, 0.25) is 5.91 Å². The minimum absolute atomic E-state index is 0.0105. The second-order valence-corrected chi connectivity index (χ2v) is 22.1. The van der Waals surface area contributed by atoms with Crippen LogP contribution in [0.4, 0.5) is 0 Å². The molecule has 6 heteroatoms. The minimum atomic E-state index is -0.676. The van der Waals surface area contributed by atoms with Gasteiger partial charge in [-0.25, -0.2) is 0 Å². The van der Waals surface area contributed by atoms with Crippen LogP contribution in [0.2, 0.25) is 0 Å². The van der Waals surface area contributed by atoms with Crippen molar-refractivity contribution in [1.82, 2.24) is 5.32 Å². The first kappa shape index (κ1) is 69.3. The molecular weight excluding hydrogens is 875 g/mol. The Hall–Kier alpha value is -1.66. The summed E-state index contributed by atoms with van der Waals surface area (Å²) in [5, 5.41) is 23.4. The number of aliphatic hydroxyl groups excluding tert-OH is 2. The van der Waals surface area contributed by atoms with E-state index in [0.29, 0.717) is 25.9 Å². The van der Waals surface area contributed by atoms with Gasteiger partial charge in [0, 0.05) is 12.8 Å². The Morgan fingerprint density at radius 1 is 0.380 bits per heavy atom. The number of ether oxygens (including phenoxy) is 1. The van der Waals surface area contributed by atoms with E-state index in [9.17, 15) is 19.8 Å². The first-order valence-electron chi connectivity index (χ1n) is 32.1. The molecule has 0 bridgehead atoms. The second kappa shape index (κ2) is 60.9. The van der Waals surface area contributed by atoms with Crippen molar-refractivity contribution in [3.63, 3.8) is 0 Å². The van der Waals surface area contributed by atoms with Crippen molar-refractivity contribution in [2.45, 2.75) is 366 Å². The molecule has 0 aliphatic carbocycles. The molecule has 0 heterocycles. The highest BCUT2D eigenvalue weighted by Crippen LogP contribution is 2.18. The highest BCUT2D eigenvalue weighted by Gasteiger charge is 2.20. The molecule has 0 saturated heterocycles. The Bertz CT molecular complexity index is 1110. The van der Waals surface area contributed by atoms with E-state index in [0.717, 1.165) is 64.2 Å². The molecule has 0 fully saturated rings. The van der Waals surface area contributed by atoms with E-state index in [1.807, 2.05) is 0 Å². The van der Waals surface area contributed by atoms with E-state index in [1.165, 1.54) is 257 Å². The standard InChI is InChI=1S/C65H125NO5/c1-3-5-7-9-11-13-15-17-19-20-21-22-23-24-25-26-27-30-33-37-41-45-49-53-57-63(68)62(61-67)66-64(69)58-54-50-46-42-38-34-31-28-29-32-36-40-44-48-52-56-60-71-65(70)59-55-51-47-43-39-35-18-16-14-12-10-8-6-4-2/h16,18,28,31,62-63,67-68H,3-15,17,19-27,29-30,32-61H2,1-2H3,(H,66,69)/b18-16-,31-28-. The summed E-state index contributed by atoms with van der Waals surface area (Å²) >= 11 is 0. The van der Waals surface area contributed by atoms with Crippen molar-refractivity contribution >= 4 is 11.9 Å². The summed E-state index contributed by atoms with van der Waals surface area (Å²) in [7, 11) is 0. The SMILES string of the molecule is CCCCCCC/C=C\CCCCCCCC(=O)OCCCCCCCCC/C=C\CCCCCCCC(=O)NC(CO)C(O)CCCCCCCCCCCCCCCCCCCCCCCCCC. The fraction of sp³-hybridized carbons (Fsp3) is 0.908. The summed E-state index contributed by atoms with van der Waals surface area (Å²) in [6, 6.07) is -0.555. The Morgan fingerprint density at radius 2 is 0.662 bits per heavy atom. The zero-order chi connectivity index (χ0) is 51.4. The van der Waals surface area contributed by atoms with Crippen LogP contribution in [-0.4, -0.2) is 47.4 Å². The zero-order valence-corrected chi connectivity index (χ0v) is 48.0. The van der Waals surface area contributed by atoms with Crippen molar-refractivity contribution in [2.24, 2.45) is 0 Å². The number of hydrogen-bond donors (Lipinski definition) is 3. The van der Waals surface area contributed by atoms with Crippen LogP contribution in [0.25, 0.3) is 0 Å². The van der Waals surface area contributed by atoms with Crippen molar-refractivity contribution in [3.05, 3.63) is 24.3 Å². The van der Waals surface area contributed by atoms with Gasteiger partial charge in [-0.15, -0.1) is 0 Å². The van der Waals surface area contributed by atoms with Crippen LogP contribution in [0.3, 0.4) is 0 Å². The summed E-state index contributed by atoms with van der Waals surface area (Å²) in [5.41, 5.74) is 0. The monoisotopic (exact) mass is 1000 g/mol. The van der Waals surface area contributed by atoms with Crippen LogP contribution >= 0.6 is 0 Å². The second-order valence-electron chi connectivity index (χ2n) is 22.1. The summed E-state index contributed by atoms with van der Waals surface area (Å²) in [5.74, 6) is -0.0590. The molecule has 2 atom stereocenters. The molecule has 0 aromatic carbocycles. The first-order chi connectivity index (χ1) is 35.0. The third-order valence-electron chi connectivity index (χ3n) is 15.0. The summed E-state index contributed by atoms with van der Waals surface area (Å²) in [6.07, 6.45) is 74.7. The third-order valence-corrected chi connectivity index (χ3v) is 15.0. The molecule has 1 amide bonds. The lowest BCUT2D eigenvalue weighted by Gasteiger charge is -2.22. The van der Waals surface area contributed by atoms with Gasteiger partial charge in [0.15, 0.2) is 0 Å². The van der Waals surface area contributed by atoms with Gasteiger partial charge >= 0.3 is 5.97 Å². The van der Waals surface area contributed by atoms with E-state index in [2.05, 4.69) is 43.5 Å². The minimum Gasteiger partial charge on any atom is -0.466 e. The van der Waals surface area contributed by atoms with Crippen LogP contribution in [0, 0.1) is 0 Å². The molecule has 0 aliphatic rings. The van der Waals surface area contributed by atoms with Crippen LogP contribution in [0.1, 0.15) is 354 Å². The third kappa shape index (κ3) is 57.5. The lowest BCUT2D eigenvalue weighted by Crippen LogP contribution is -2.45. The first-order valence-corrected chi connectivity index (χ1v) is 32.1. The van der Waals surface area contributed by atoms with E-state index in [-0.39, 0.29) is 18.5 Å². The van der Waals surface area contributed by atoms with Gasteiger partial charge in [-0.2, -0.15) is 0 Å². The number of esters is 1. The van der Waals surface area contributed by atoms with Gasteiger partial charge in [-0.1, -0.05) is 289 Å². The molecule has 0 rings (SSSR count). The number of allylic oxidation sites excluding steroid dienone is 4. The maximum absolute atomic E-state index is 12.5. The summed E-state index contributed by atoms with van der Waals surface area (Å²) in [4.78, 5) is 24.6. The van der Waals surface area contributed by atoms with Gasteiger partial charge in [-0.3, -0.25) is 9.59 Å². The topological polar surface area (TPSA) is 95.9 Å². The van der Waals surface area contributed by atoms with Crippen molar-refractivity contribution < 1.29 is 24.5 Å². The normalized spacial score (nSPS) is 12.7. The molecule has 0 saturated carbocycles. The molecular formula is C65H125NO5. The molecule has 0 aromatic rings. The fourth-order valence-electron chi connectivity index (χ4n) is 10.0. The van der Waals surface area contributed by atoms with E-state index >= 15 is 0 Å². The molecule has 3 N–H and O–H groups in total. The van der Waals surface area contributed by atoms with Gasteiger partial charge < -0.3 is 20.3 Å². The van der Waals surface area contributed by atoms with E-state index < -0.39 is 12.1 Å². The number of aliphatic hydroxyl groups is 2. The molecule has 2 unspecified atom stereocenters. The van der Waals surface area contributed by atoms with Crippen molar-refractivity contribution in [1.29, 1.82) is 0 Å².